The van der Waals surface area contributed by atoms with Crippen molar-refractivity contribution >= 4 is 29.1 Å². The van der Waals surface area contributed by atoms with Gasteiger partial charge in [-0.2, -0.15) is 5.10 Å². The summed E-state index contributed by atoms with van der Waals surface area (Å²) >= 11 is 5.94. The minimum atomic E-state index is -0.485. The van der Waals surface area contributed by atoms with Gasteiger partial charge in [-0.1, -0.05) is 23.7 Å². The Labute approximate surface area is 154 Å². The van der Waals surface area contributed by atoms with Crippen molar-refractivity contribution in [1.29, 1.82) is 0 Å². The van der Waals surface area contributed by atoms with Crippen LogP contribution in [0.3, 0.4) is 0 Å². The Hall–Kier alpha value is -3.06. The highest BCUT2D eigenvalue weighted by molar-refractivity contribution is 6.31. The molecular formula is C18H16ClFN4O2. The van der Waals surface area contributed by atoms with Crippen molar-refractivity contribution in [2.45, 2.75) is 6.54 Å². The van der Waals surface area contributed by atoms with Crippen LogP contribution in [0.25, 0.3) is 0 Å². The first kappa shape index (κ1) is 17.8. The molecule has 2 aromatic carbocycles. The summed E-state index contributed by atoms with van der Waals surface area (Å²) in [5.41, 5.74) is 1.21. The van der Waals surface area contributed by atoms with Crippen LogP contribution >= 0.6 is 11.6 Å². The number of halogens is 2. The Bertz CT molecular complexity index is 929. The van der Waals surface area contributed by atoms with Crippen molar-refractivity contribution in [2.75, 3.05) is 17.7 Å². The van der Waals surface area contributed by atoms with Gasteiger partial charge in [0.05, 0.1) is 19.3 Å². The summed E-state index contributed by atoms with van der Waals surface area (Å²) in [6.07, 6.45) is 1.69. The average Bonchev–Trinajstić information content (AvgIpc) is 3.01. The predicted molar refractivity (Wildman–Crippen MR) is 98.4 cm³/mol. The molecule has 0 radical (unpaired) electrons. The van der Waals surface area contributed by atoms with Crippen LogP contribution in [0.15, 0.2) is 54.7 Å². The van der Waals surface area contributed by atoms with Crippen LogP contribution in [0.4, 0.5) is 20.7 Å². The lowest BCUT2D eigenvalue weighted by Gasteiger charge is -2.10. The third kappa shape index (κ3) is 4.52. The van der Waals surface area contributed by atoms with Gasteiger partial charge in [0.1, 0.15) is 11.6 Å². The molecule has 26 heavy (non-hydrogen) atoms. The number of rotatable bonds is 5. The van der Waals surface area contributed by atoms with E-state index in [4.69, 9.17) is 16.3 Å². The largest absolute Gasteiger partial charge is 0.495 e. The minimum absolute atomic E-state index is 0.303. The van der Waals surface area contributed by atoms with Crippen molar-refractivity contribution in [1.82, 2.24) is 9.78 Å². The van der Waals surface area contributed by atoms with Crippen LogP contribution in [-0.4, -0.2) is 22.9 Å². The lowest BCUT2D eigenvalue weighted by molar-refractivity contribution is 0.262. The Balaban J connectivity index is 1.64. The van der Waals surface area contributed by atoms with E-state index in [1.807, 2.05) is 0 Å². The van der Waals surface area contributed by atoms with E-state index in [0.717, 1.165) is 5.56 Å². The number of ether oxygens (including phenoxy) is 1. The summed E-state index contributed by atoms with van der Waals surface area (Å²) in [5, 5.41) is 10.00. The highest BCUT2D eigenvalue weighted by Crippen LogP contribution is 2.27. The van der Waals surface area contributed by atoms with Crippen LogP contribution < -0.4 is 15.4 Å². The fourth-order valence-electron chi connectivity index (χ4n) is 2.39. The van der Waals surface area contributed by atoms with Crippen LogP contribution in [-0.2, 0) is 6.54 Å². The van der Waals surface area contributed by atoms with Gasteiger partial charge in [-0.15, -0.1) is 0 Å². The molecule has 8 heteroatoms. The number of nitrogens with one attached hydrogen (secondary N) is 2. The first-order valence-corrected chi connectivity index (χ1v) is 8.11. The van der Waals surface area contributed by atoms with Crippen molar-refractivity contribution in [3.05, 3.63) is 71.1 Å². The summed E-state index contributed by atoms with van der Waals surface area (Å²) in [6, 6.07) is 12.3. The molecule has 134 valence electrons. The molecule has 0 bridgehead atoms. The zero-order valence-corrected chi connectivity index (χ0v) is 14.6. The quantitative estimate of drug-likeness (QED) is 0.696. The lowest BCUT2D eigenvalue weighted by Crippen LogP contribution is -2.20. The van der Waals surface area contributed by atoms with Gasteiger partial charge in [-0.25, -0.2) is 9.18 Å². The van der Waals surface area contributed by atoms with Crippen molar-refractivity contribution in [2.24, 2.45) is 0 Å². The third-order valence-electron chi connectivity index (χ3n) is 3.53. The number of amides is 2. The number of urea groups is 1. The van der Waals surface area contributed by atoms with E-state index in [2.05, 4.69) is 15.7 Å². The smallest absolute Gasteiger partial charge is 0.325 e. The van der Waals surface area contributed by atoms with E-state index in [0.29, 0.717) is 28.8 Å². The molecule has 0 aliphatic carbocycles. The molecule has 3 rings (SSSR count). The number of methoxy groups -OCH3 is 1. The third-order valence-corrected chi connectivity index (χ3v) is 3.76. The molecule has 0 atom stereocenters. The van der Waals surface area contributed by atoms with Gasteiger partial charge >= 0.3 is 6.03 Å². The van der Waals surface area contributed by atoms with Gasteiger partial charge in [-0.3, -0.25) is 10.00 Å². The van der Waals surface area contributed by atoms with Crippen LogP contribution in [0.1, 0.15) is 5.56 Å². The maximum Gasteiger partial charge on any atom is 0.325 e. The monoisotopic (exact) mass is 374 g/mol. The van der Waals surface area contributed by atoms with Gasteiger partial charge in [-0.05, 0) is 35.9 Å². The number of hydrogen-bond acceptors (Lipinski definition) is 3. The molecule has 0 saturated carbocycles. The Morgan fingerprint density at radius 1 is 1.23 bits per heavy atom. The zero-order valence-electron chi connectivity index (χ0n) is 13.9. The maximum absolute atomic E-state index is 13.2. The highest BCUT2D eigenvalue weighted by Gasteiger charge is 2.10. The molecule has 1 aromatic heterocycles. The second-order valence-electron chi connectivity index (χ2n) is 5.45. The number of nitrogens with zero attached hydrogens (tertiary/aromatic N) is 2. The highest BCUT2D eigenvalue weighted by atomic mass is 35.5. The van der Waals surface area contributed by atoms with Crippen molar-refractivity contribution < 1.29 is 13.9 Å². The van der Waals surface area contributed by atoms with Gasteiger partial charge in [0.2, 0.25) is 0 Å². The van der Waals surface area contributed by atoms with E-state index in [-0.39, 0.29) is 5.82 Å². The van der Waals surface area contributed by atoms with E-state index >= 15 is 0 Å². The summed E-state index contributed by atoms with van der Waals surface area (Å²) < 4.78 is 20.0. The Morgan fingerprint density at radius 2 is 2.08 bits per heavy atom. The molecular weight excluding hydrogens is 359 g/mol. The molecule has 2 amide bonds. The molecule has 0 unspecified atom stereocenters. The molecule has 1 heterocycles. The SMILES string of the molecule is COc1ccc(Cl)cc1NC(=O)Nc1ccn(Cc2cccc(F)c2)n1. The summed E-state index contributed by atoms with van der Waals surface area (Å²) in [4.78, 5) is 12.2. The van der Waals surface area contributed by atoms with Crippen LogP contribution in [0.2, 0.25) is 5.02 Å². The molecule has 0 saturated heterocycles. The van der Waals surface area contributed by atoms with E-state index < -0.39 is 6.03 Å². The number of carbonyl (C=O) groups is 1. The summed E-state index contributed by atoms with van der Waals surface area (Å²) in [7, 11) is 1.50. The molecule has 0 fully saturated rings. The molecule has 3 aromatic rings. The fourth-order valence-corrected chi connectivity index (χ4v) is 2.56. The molecule has 2 N–H and O–H groups in total. The topological polar surface area (TPSA) is 68.2 Å². The normalized spacial score (nSPS) is 10.4. The van der Waals surface area contributed by atoms with Gasteiger partial charge in [0, 0.05) is 17.3 Å². The first-order valence-electron chi connectivity index (χ1n) is 7.73. The first-order chi connectivity index (χ1) is 12.5. The molecule has 0 spiro atoms. The van der Waals surface area contributed by atoms with E-state index in [1.165, 1.54) is 19.2 Å². The molecule has 6 nitrogen and oxygen atoms in total. The standard InChI is InChI=1S/C18H16ClFN4O2/c1-26-16-6-5-13(19)10-15(16)21-18(25)22-17-7-8-24(23-17)11-12-3-2-4-14(20)9-12/h2-10H,11H2,1H3,(H2,21,22,23,25). The second kappa shape index (κ2) is 7.88. The van der Waals surface area contributed by atoms with Gasteiger partial charge in [0.15, 0.2) is 5.82 Å². The fraction of sp³-hybridized carbons (Fsp3) is 0.111. The van der Waals surface area contributed by atoms with E-state index in [1.54, 1.807) is 47.3 Å². The van der Waals surface area contributed by atoms with Crippen LogP contribution in [0, 0.1) is 5.82 Å². The molecule has 0 aliphatic heterocycles. The number of carbonyl (C=O) groups excluding carboxylic acids is 1. The van der Waals surface area contributed by atoms with Gasteiger partial charge in [0.25, 0.3) is 0 Å². The number of anilines is 2. The van der Waals surface area contributed by atoms with E-state index in [9.17, 15) is 9.18 Å². The predicted octanol–water partition coefficient (Wildman–Crippen LogP) is 4.38. The maximum atomic E-state index is 13.2. The Morgan fingerprint density at radius 3 is 2.85 bits per heavy atom. The average molecular weight is 375 g/mol. The van der Waals surface area contributed by atoms with Crippen molar-refractivity contribution in [3.63, 3.8) is 0 Å². The van der Waals surface area contributed by atoms with Crippen LogP contribution in [0.5, 0.6) is 5.75 Å². The zero-order chi connectivity index (χ0) is 18.5. The Kier molecular flexibility index (Phi) is 5.38. The summed E-state index contributed by atoms with van der Waals surface area (Å²) in [5.74, 6) is 0.545. The number of aromatic nitrogens is 2. The minimum Gasteiger partial charge on any atom is -0.495 e. The number of hydrogen-bond donors (Lipinski definition) is 2. The lowest BCUT2D eigenvalue weighted by atomic mass is 10.2. The molecule has 0 aliphatic rings. The second-order valence-corrected chi connectivity index (χ2v) is 5.89. The van der Waals surface area contributed by atoms with Gasteiger partial charge < -0.3 is 10.1 Å². The van der Waals surface area contributed by atoms with Crippen molar-refractivity contribution in [3.8, 4) is 5.75 Å². The summed E-state index contributed by atoms with van der Waals surface area (Å²) in [6.45, 7) is 0.392. The number of benzene rings is 2.